The highest BCUT2D eigenvalue weighted by atomic mass is 32.2. The third-order valence-corrected chi connectivity index (χ3v) is 9.84. The summed E-state index contributed by atoms with van der Waals surface area (Å²) < 4.78 is 12.1. The van der Waals surface area contributed by atoms with Crippen molar-refractivity contribution in [2.75, 3.05) is 63.2 Å². The van der Waals surface area contributed by atoms with Crippen LogP contribution in [0.1, 0.15) is 11.1 Å². The zero-order chi connectivity index (χ0) is 28.1. The zero-order valence-corrected chi connectivity index (χ0v) is 24.6. The van der Waals surface area contributed by atoms with Gasteiger partial charge in [-0.2, -0.15) is 0 Å². The average molecular weight is 581 g/mol. The molecule has 6 rings (SSSR count). The molecule has 0 aliphatic carbocycles. The summed E-state index contributed by atoms with van der Waals surface area (Å²) in [6, 6.07) is 12.3. The Hall–Kier alpha value is -3.38. The molecule has 4 aliphatic rings. The molecule has 0 saturated carbocycles. The lowest BCUT2D eigenvalue weighted by atomic mass is 10.2. The van der Waals surface area contributed by atoms with Crippen molar-refractivity contribution < 1.29 is 19.1 Å². The van der Waals surface area contributed by atoms with E-state index in [0.717, 1.165) is 32.3 Å². The third-order valence-electron chi connectivity index (χ3n) is 7.24. The largest absolute Gasteiger partial charge is 0.429 e. The lowest BCUT2D eigenvalue weighted by Gasteiger charge is -2.42. The van der Waals surface area contributed by atoms with Gasteiger partial charge in [-0.25, -0.2) is 9.59 Å². The second kappa shape index (κ2) is 10.2. The van der Waals surface area contributed by atoms with E-state index >= 15 is 0 Å². The molecule has 0 aromatic heterocycles. The van der Waals surface area contributed by atoms with Crippen LogP contribution in [0.25, 0.3) is 0 Å². The Morgan fingerprint density at radius 2 is 1.20 bits per heavy atom. The van der Waals surface area contributed by atoms with E-state index in [4.69, 9.17) is 9.47 Å². The summed E-state index contributed by atoms with van der Waals surface area (Å²) in [5.74, 6) is -1.04. The van der Waals surface area contributed by atoms with Crippen LogP contribution >= 0.6 is 23.5 Å². The molecule has 0 bridgehead atoms. The first kappa shape index (κ1) is 26.8. The number of esters is 2. The number of hydrogen-bond acceptors (Lipinski definition) is 12. The summed E-state index contributed by atoms with van der Waals surface area (Å²) in [6.45, 7) is 7.14. The van der Waals surface area contributed by atoms with E-state index in [0.29, 0.717) is 50.9 Å². The van der Waals surface area contributed by atoms with E-state index in [1.165, 1.54) is 23.5 Å². The maximum absolute atomic E-state index is 13.6. The van der Waals surface area contributed by atoms with E-state index in [-0.39, 0.29) is 0 Å². The van der Waals surface area contributed by atoms with Gasteiger partial charge in [-0.1, -0.05) is 35.7 Å². The van der Waals surface area contributed by atoms with Gasteiger partial charge in [0.25, 0.3) is 0 Å². The van der Waals surface area contributed by atoms with Crippen molar-refractivity contribution in [2.24, 2.45) is 9.98 Å². The second-order valence-electron chi connectivity index (χ2n) is 10.5. The fourth-order valence-corrected chi connectivity index (χ4v) is 8.22. The molecule has 0 spiro atoms. The number of anilines is 2. The number of likely N-dealkylation sites (N-methyl/N-ethyl adjacent to an activating group) is 2. The number of rotatable bonds is 4. The van der Waals surface area contributed by atoms with Crippen LogP contribution < -0.4 is 20.4 Å². The Balaban J connectivity index is 1.29. The average Bonchev–Trinajstić information content (AvgIpc) is 3.65. The first-order valence-corrected chi connectivity index (χ1v) is 14.9. The molecule has 2 atom stereocenters. The number of thioether (sulfide) groups is 2. The number of aliphatic imine (C=N–C) groups is 2. The summed E-state index contributed by atoms with van der Waals surface area (Å²) in [4.78, 5) is 39.8. The summed E-state index contributed by atoms with van der Waals surface area (Å²) in [6.07, 6.45) is 0. The highest BCUT2D eigenvalue weighted by Crippen LogP contribution is 2.48. The molecular weight excluding hydrogens is 548 g/mol. The van der Waals surface area contributed by atoms with Crippen LogP contribution in [0.4, 0.5) is 11.4 Å². The Labute approximate surface area is 242 Å². The molecule has 4 aliphatic heterocycles. The Morgan fingerprint density at radius 3 is 1.57 bits per heavy atom. The maximum atomic E-state index is 13.6. The number of carbonyl (C=O) groups is 2. The van der Waals surface area contributed by atoms with E-state index in [1.54, 1.807) is 0 Å². The van der Waals surface area contributed by atoms with Gasteiger partial charge >= 0.3 is 11.9 Å². The second-order valence-corrected chi connectivity index (χ2v) is 13.1. The molecular formula is C28H32N6O4S2. The monoisotopic (exact) mass is 580 g/mol. The molecule has 0 radical (unpaired) electrons. The first-order chi connectivity index (χ1) is 19.2. The van der Waals surface area contributed by atoms with Gasteiger partial charge in [0, 0.05) is 37.0 Å². The fourth-order valence-electron chi connectivity index (χ4n) is 5.38. The van der Waals surface area contributed by atoms with Gasteiger partial charge in [0.1, 0.15) is 0 Å². The van der Waals surface area contributed by atoms with Crippen molar-refractivity contribution in [3.8, 4) is 0 Å². The number of amidine groups is 2. The standard InChI is InChI=1S/C28H32N6O4S2/c1-17-5-7-21-19(13-17)33(3)15-27(39-21,25-29-9-10-30-25)37-23(35)24(36)38-28(26-31-11-12-32-26)16-34(4)20-14-18(2)6-8-22(20)40-28/h5-8,13-14H,9-12,15-16H2,1-4H3,(H,29,30)(H,31,32). The van der Waals surface area contributed by atoms with Crippen LogP contribution in [0.3, 0.4) is 0 Å². The van der Waals surface area contributed by atoms with Gasteiger partial charge in [-0.3, -0.25) is 9.98 Å². The van der Waals surface area contributed by atoms with Gasteiger partial charge in [0.2, 0.25) is 9.87 Å². The molecule has 2 unspecified atom stereocenters. The normalized spacial score (nSPS) is 25.2. The lowest BCUT2D eigenvalue weighted by molar-refractivity contribution is -0.172. The van der Waals surface area contributed by atoms with Crippen LogP contribution in [-0.2, 0) is 19.1 Å². The highest BCUT2D eigenvalue weighted by molar-refractivity contribution is 8.01. The molecule has 0 saturated heterocycles. The summed E-state index contributed by atoms with van der Waals surface area (Å²) in [7, 11) is 3.89. The van der Waals surface area contributed by atoms with Crippen molar-refractivity contribution in [1.82, 2.24) is 10.6 Å². The molecule has 2 N–H and O–H groups in total. The number of aryl methyl sites for hydroxylation is 2. The Kier molecular flexibility index (Phi) is 6.86. The predicted octanol–water partition coefficient (Wildman–Crippen LogP) is 2.57. The minimum atomic E-state index is -1.22. The van der Waals surface area contributed by atoms with Gasteiger partial charge in [0.15, 0.2) is 11.7 Å². The van der Waals surface area contributed by atoms with E-state index in [1.807, 2.05) is 62.0 Å². The fraction of sp³-hybridized carbons (Fsp3) is 0.429. The SMILES string of the molecule is Cc1ccc2c(c1)N(C)CC(OC(=O)C(=O)OC1(C3=NCCN3)CN(C)c3cc(C)ccc3S1)(C1=NCCN1)S2. The minimum Gasteiger partial charge on any atom is -0.429 e. The minimum absolute atomic E-state index is 0.322. The zero-order valence-electron chi connectivity index (χ0n) is 22.9. The number of nitrogens with one attached hydrogen (secondary N) is 2. The number of ether oxygens (including phenoxy) is 2. The smallest absolute Gasteiger partial charge is 0.419 e. The molecule has 2 aromatic carbocycles. The predicted molar refractivity (Wildman–Crippen MR) is 159 cm³/mol. The number of carbonyl (C=O) groups excluding carboxylic acids is 2. The van der Waals surface area contributed by atoms with Crippen LogP contribution in [-0.4, -0.2) is 86.8 Å². The maximum Gasteiger partial charge on any atom is 0.419 e. The number of nitrogens with zero attached hydrogens (tertiary/aromatic N) is 4. The third kappa shape index (κ3) is 4.77. The molecule has 0 amide bonds. The van der Waals surface area contributed by atoms with Crippen LogP contribution in [0.2, 0.25) is 0 Å². The summed E-state index contributed by atoms with van der Waals surface area (Å²) in [5.41, 5.74) is 4.35. The number of hydrogen-bond donors (Lipinski definition) is 2. The van der Waals surface area contributed by atoms with Gasteiger partial charge < -0.3 is 29.9 Å². The molecule has 10 nitrogen and oxygen atoms in total. The Morgan fingerprint density at radius 1 is 0.775 bits per heavy atom. The van der Waals surface area contributed by atoms with Crippen molar-refractivity contribution in [3.05, 3.63) is 47.5 Å². The Bertz CT molecular complexity index is 1340. The number of fused-ring (bicyclic) bond motifs is 2. The highest BCUT2D eigenvalue weighted by Gasteiger charge is 2.52. The van der Waals surface area contributed by atoms with E-state index < -0.39 is 21.8 Å². The van der Waals surface area contributed by atoms with Crippen LogP contribution in [0, 0.1) is 13.8 Å². The van der Waals surface area contributed by atoms with Gasteiger partial charge in [-0.15, -0.1) is 0 Å². The molecule has 12 heteroatoms. The summed E-state index contributed by atoms with van der Waals surface area (Å²) in [5, 5.41) is 6.52. The van der Waals surface area contributed by atoms with Crippen LogP contribution in [0.5, 0.6) is 0 Å². The number of benzene rings is 2. The lowest BCUT2D eigenvalue weighted by Crippen LogP contribution is -2.57. The topological polar surface area (TPSA) is 108 Å². The van der Waals surface area contributed by atoms with Crippen molar-refractivity contribution >= 4 is 58.5 Å². The molecule has 40 heavy (non-hydrogen) atoms. The molecule has 2 aromatic rings. The first-order valence-electron chi connectivity index (χ1n) is 13.2. The van der Waals surface area contributed by atoms with E-state index in [9.17, 15) is 9.59 Å². The molecule has 210 valence electrons. The van der Waals surface area contributed by atoms with Crippen molar-refractivity contribution in [1.29, 1.82) is 0 Å². The van der Waals surface area contributed by atoms with Crippen LogP contribution in [0.15, 0.2) is 56.2 Å². The van der Waals surface area contributed by atoms with Gasteiger partial charge in [-0.05, 0) is 49.2 Å². The van der Waals surface area contributed by atoms with Crippen molar-refractivity contribution in [3.63, 3.8) is 0 Å². The van der Waals surface area contributed by atoms with E-state index in [2.05, 4.69) is 32.8 Å². The molecule has 4 heterocycles. The van der Waals surface area contributed by atoms with Crippen molar-refractivity contribution in [2.45, 2.75) is 33.5 Å². The quantitative estimate of drug-likeness (QED) is 0.414. The van der Waals surface area contributed by atoms with Gasteiger partial charge in [0.05, 0.1) is 37.6 Å². The molecule has 0 fully saturated rings. The summed E-state index contributed by atoms with van der Waals surface area (Å²) >= 11 is 2.78.